The number of hydrogen-bond donors (Lipinski definition) is 0. The van der Waals surface area contributed by atoms with Crippen molar-refractivity contribution in [3.8, 4) is 0 Å². The van der Waals surface area contributed by atoms with Gasteiger partial charge in [-0.2, -0.15) is 0 Å². The Hall–Kier alpha value is -2.71. The number of imide groups is 1. The van der Waals surface area contributed by atoms with Gasteiger partial charge in [-0.1, -0.05) is 42.5 Å². The summed E-state index contributed by atoms with van der Waals surface area (Å²) in [6.07, 6.45) is 1.03. The van der Waals surface area contributed by atoms with Crippen molar-refractivity contribution in [1.82, 2.24) is 9.80 Å². The zero-order valence-electron chi connectivity index (χ0n) is 21.8. The first-order valence-corrected chi connectivity index (χ1v) is 14.1. The second kappa shape index (κ2) is 13.2. The Morgan fingerprint density at radius 1 is 1.16 bits per heavy atom. The van der Waals surface area contributed by atoms with Crippen molar-refractivity contribution in [2.24, 2.45) is 5.92 Å². The van der Waals surface area contributed by atoms with Crippen LogP contribution in [0.5, 0.6) is 0 Å². The minimum Gasteiger partial charge on any atom is -0.447 e. The number of cyclic esters (lactones) is 1. The van der Waals surface area contributed by atoms with Crippen LogP contribution in [0.3, 0.4) is 0 Å². The van der Waals surface area contributed by atoms with E-state index < -0.39 is 23.7 Å². The molecule has 0 saturated carbocycles. The van der Waals surface area contributed by atoms with E-state index in [1.54, 1.807) is 7.05 Å². The molecule has 200 valence electrons. The van der Waals surface area contributed by atoms with Gasteiger partial charge in [0.2, 0.25) is 5.91 Å². The Labute approximate surface area is 227 Å². The molecule has 0 spiro atoms. The minimum atomic E-state index is -0.605. The summed E-state index contributed by atoms with van der Waals surface area (Å²) < 4.78 is 10.7. The number of rotatable bonds is 10. The molecule has 2 aromatic carbocycles. The Balaban J connectivity index is 1.74. The Morgan fingerprint density at radius 2 is 1.86 bits per heavy atom. The number of benzene rings is 2. The van der Waals surface area contributed by atoms with E-state index in [4.69, 9.17) is 20.2 Å². The lowest BCUT2D eigenvalue weighted by Gasteiger charge is -2.27. The number of nitrogens with zero attached hydrogens (tertiary/aromatic N) is 2. The molecule has 0 aliphatic carbocycles. The van der Waals surface area contributed by atoms with Crippen molar-refractivity contribution in [2.75, 3.05) is 20.2 Å². The van der Waals surface area contributed by atoms with Crippen molar-refractivity contribution in [3.63, 3.8) is 0 Å². The number of carbonyl (C=O) groups excluding carboxylic acids is 3. The fourth-order valence-electron chi connectivity index (χ4n) is 4.29. The van der Waals surface area contributed by atoms with E-state index in [-0.39, 0.29) is 18.6 Å². The molecule has 7 nitrogen and oxygen atoms in total. The highest BCUT2D eigenvalue weighted by molar-refractivity contribution is 8.21. The average molecular weight is 547 g/mol. The van der Waals surface area contributed by atoms with E-state index in [1.165, 1.54) is 9.80 Å². The van der Waals surface area contributed by atoms with Gasteiger partial charge >= 0.3 is 12.2 Å². The number of halogens is 1. The van der Waals surface area contributed by atoms with E-state index in [2.05, 4.69) is 0 Å². The van der Waals surface area contributed by atoms with Gasteiger partial charge in [0, 0.05) is 24.4 Å². The van der Waals surface area contributed by atoms with Crippen LogP contribution in [0.1, 0.15) is 44.7 Å². The van der Waals surface area contributed by atoms with Gasteiger partial charge in [0.1, 0.15) is 12.2 Å². The monoisotopic (exact) mass is 546 g/mol. The highest BCUT2D eigenvalue weighted by Crippen LogP contribution is 2.27. The van der Waals surface area contributed by atoms with E-state index in [0.29, 0.717) is 32.2 Å². The maximum atomic E-state index is 13.8. The van der Waals surface area contributed by atoms with Crippen molar-refractivity contribution < 1.29 is 23.9 Å². The molecule has 2 aromatic rings. The van der Waals surface area contributed by atoms with Gasteiger partial charge < -0.3 is 14.4 Å². The van der Waals surface area contributed by atoms with Gasteiger partial charge in [-0.05, 0) is 91.4 Å². The van der Waals surface area contributed by atoms with Crippen LogP contribution in [0, 0.1) is 5.92 Å². The first-order chi connectivity index (χ1) is 17.6. The summed E-state index contributed by atoms with van der Waals surface area (Å²) in [5.74, 6) is -0.723. The van der Waals surface area contributed by atoms with Crippen molar-refractivity contribution in [3.05, 3.63) is 65.7 Å². The fourth-order valence-corrected chi connectivity index (χ4v) is 4.90. The first kappa shape index (κ1) is 28.9. The molecule has 1 aliphatic heterocycles. The minimum absolute atomic E-state index is 0.173. The second-order valence-electron chi connectivity index (χ2n) is 10.3. The molecular weight excluding hydrogens is 512 g/mol. The predicted molar refractivity (Wildman–Crippen MR) is 146 cm³/mol. The average Bonchev–Trinajstić information content (AvgIpc) is 3.22. The van der Waals surface area contributed by atoms with Crippen LogP contribution in [-0.2, 0) is 27.1 Å². The lowest BCUT2D eigenvalue weighted by molar-refractivity contribution is -0.133. The molecule has 37 heavy (non-hydrogen) atoms. The highest BCUT2D eigenvalue weighted by atomic mass is 35.7. The van der Waals surface area contributed by atoms with Crippen LogP contribution in [0.4, 0.5) is 9.59 Å². The maximum absolute atomic E-state index is 13.8. The highest BCUT2D eigenvalue weighted by Gasteiger charge is 2.40. The molecular formula is C28H35ClN2O5S. The van der Waals surface area contributed by atoms with Crippen LogP contribution in [0.25, 0.3) is 0 Å². The van der Waals surface area contributed by atoms with E-state index in [9.17, 15) is 14.4 Å². The van der Waals surface area contributed by atoms with Gasteiger partial charge in [-0.25, -0.2) is 14.5 Å². The molecule has 1 fully saturated rings. The molecule has 1 unspecified atom stereocenters. The third kappa shape index (κ3) is 8.68. The molecule has 0 radical (unpaired) electrons. The SMILES string of the molecule is CN(CCCC(Cc1cccc(SCl)c1)C(=O)N1C(=O)OC[C@@H]1Cc1ccccc1)C(=O)OC(C)(C)C. The molecule has 0 N–H and O–H groups in total. The number of hydrogen-bond acceptors (Lipinski definition) is 6. The molecule has 9 heteroatoms. The lowest BCUT2D eigenvalue weighted by Crippen LogP contribution is -2.44. The van der Waals surface area contributed by atoms with Crippen LogP contribution in [0.2, 0.25) is 0 Å². The normalized spacial score (nSPS) is 16.3. The Bertz CT molecular complexity index is 1080. The van der Waals surface area contributed by atoms with Crippen molar-refractivity contribution >= 4 is 39.8 Å². The molecule has 0 aromatic heterocycles. The van der Waals surface area contributed by atoms with Crippen LogP contribution in [-0.4, -0.2) is 59.7 Å². The lowest BCUT2D eigenvalue weighted by atomic mass is 9.92. The van der Waals surface area contributed by atoms with E-state index >= 15 is 0 Å². The maximum Gasteiger partial charge on any atom is 0.416 e. The van der Waals surface area contributed by atoms with Crippen LogP contribution in [0.15, 0.2) is 59.5 Å². The number of carbonyl (C=O) groups is 3. The van der Waals surface area contributed by atoms with Gasteiger partial charge in [-0.3, -0.25) is 4.79 Å². The third-order valence-electron chi connectivity index (χ3n) is 6.08. The molecule has 1 saturated heterocycles. The van der Waals surface area contributed by atoms with Gasteiger partial charge in [0.25, 0.3) is 0 Å². The zero-order valence-corrected chi connectivity index (χ0v) is 23.4. The topological polar surface area (TPSA) is 76.2 Å². The summed E-state index contributed by atoms with van der Waals surface area (Å²) >= 11 is 0. The summed E-state index contributed by atoms with van der Waals surface area (Å²) in [6.45, 7) is 6.06. The van der Waals surface area contributed by atoms with Gasteiger partial charge in [0.15, 0.2) is 0 Å². The third-order valence-corrected chi connectivity index (χ3v) is 7.05. The van der Waals surface area contributed by atoms with Crippen molar-refractivity contribution in [2.45, 2.75) is 63.0 Å². The molecule has 0 bridgehead atoms. The van der Waals surface area contributed by atoms with Gasteiger partial charge in [0.05, 0.1) is 6.04 Å². The summed E-state index contributed by atoms with van der Waals surface area (Å²) in [4.78, 5) is 42.5. The number of ether oxygens (including phenoxy) is 2. The number of amides is 3. The Kier molecular flexibility index (Phi) is 10.3. The first-order valence-electron chi connectivity index (χ1n) is 12.4. The standard InChI is InChI=1S/C28H35ClN2O5S/c1-28(2,3)36-26(33)30(4)15-9-13-22(16-21-12-8-14-24(18-21)37-29)25(32)31-23(19-35-27(31)34)17-20-10-6-5-7-11-20/h5-8,10-12,14,18,22-23H,9,13,15-17,19H2,1-4H3/t22?,23-/m0/s1. The van der Waals surface area contributed by atoms with E-state index in [0.717, 1.165) is 27.0 Å². The van der Waals surface area contributed by atoms with Crippen LogP contribution >= 0.6 is 21.7 Å². The zero-order chi connectivity index (χ0) is 27.0. The summed E-state index contributed by atoms with van der Waals surface area (Å²) in [5.41, 5.74) is 1.40. The molecule has 3 amide bonds. The molecule has 2 atom stereocenters. The fraction of sp³-hybridized carbons (Fsp3) is 0.464. The second-order valence-corrected chi connectivity index (χ2v) is 11.4. The van der Waals surface area contributed by atoms with Crippen molar-refractivity contribution in [1.29, 1.82) is 0 Å². The summed E-state index contributed by atoms with van der Waals surface area (Å²) in [6, 6.07) is 17.1. The van der Waals surface area contributed by atoms with Crippen LogP contribution < -0.4 is 0 Å². The quantitative estimate of drug-likeness (QED) is 0.346. The van der Waals surface area contributed by atoms with E-state index in [1.807, 2.05) is 75.4 Å². The van der Waals surface area contributed by atoms with Gasteiger partial charge in [-0.15, -0.1) is 0 Å². The summed E-state index contributed by atoms with van der Waals surface area (Å²) in [5, 5.41) is 0. The predicted octanol–water partition coefficient (Wildman–Crippen LogP) is 6.33. The smallest absolute Gasteiger partial charge is 0.416 e. The molecule has 3 rings (SSSR count). The molecule has 1 aliphatic rings. The largest absolute Gasteiger partial charge is 0.447 e. The molecule has 1 heterocycles. The summed E-state index contributed by atoms with van der Waals surface area (Å²) in [7, 11) is 8.74. The Morgan fingerprint density at radius 3 is 2.54 bits per heavy atom.